The molecular formula is C18H16Cl2N2O5. The van der Waals surface area contributed by atoms with Gasteiger partial charge in [0.25, 0.3) is 0 Å². The molecular weight excluding hydrogens is 395 g/mol. The average molecular weight is 411 g/mol. The van der Waals surface area contributed by atoms with Crippen molar-refractivity contribution in [2.45, 2.75) is 0 Å². The van der Waals surface area contributed by atoms with Crippen molar-refractivity contribution in [2.75, 3.05) is 43.6 Å². The maximum atomic E-state index is 12.3. The average Bonchev–Trinajstić information content (AvgIpc) is 2.67. The highest BCUT2D eigenvalue weighted by Crippen LogP contribution is 2.39. The summed E-state index contributed by atoms with van der Waals surface area (Å²) in [5, 5.41) is 6.53. The minimum Gasteiger partial charge on any atom is -0.486 e. The SMILES string of the molecule is O=C(CNc1cc2c(cc1Cl)OCCO2)Nc1cc2c(cc1Cl)OCCO2. The topological polar surface area (TPSA) is 78.1 Å². The van der Waals surface area contributed by atoms with Crippen LogP contribution in [0.3, 0.4) is 0 Å². The van der Waals surface area contributed by atoms with Crippen LogP contribution < -0.4 is 29.6 Å². The lowest BCUT2D eigenvalue weighted by Gasteiger charge is -2.21. The normalized spacial score (nSPS) is 14.4. The van der Waals surface area contributed by atoms with E-state index in [1.165, 1.54) is 0 Å². The number of ether oxygens (including phenoxy) is 4. The Labute approximate surface area is 165 Å². The van der Waals surface area contributed by atoms with Crippen molar-refractivity contribution in [1.82, 2.24) is 0 Å². The summed E-state index contributed by atoms with van der Waals surface area (Å²) >= 11 is 12.4. The van der Waals surface area contributed by atoms with Crippen LogP contribution in [0.2, 0.25) is 10.0 Å². The van der Waals surface area contributed by atoms with E-state index in [1.807, 2.05) is 0 Å². The highest BCUT2D eigenvalue weighted by Gasteiger charge is 2.18. The number of anilines is 2. The molecule has 0 bridgehead atoms. The molecule has 2 aromatic rings. The molecule has 2 heterocycles. The predicted octanol–water partition coefficient (Wildman–Crippen LogP) is 3.59. The zero-order chi connectivity index (χ0) is 18.8. The smallest absolute Gasteiger partial charge is 0.243 e. The van der Waals surface area contributed by atoms with E-state index in [9.17, 15) is 4.79 Å². The summed E-state index contributed by atoms with van der Waals surface area (Å²) in [4.78, 5) is 12.3. The summed E-state index contributed by atoms with van der Waals surface area (Å²) in [6.07, 6.45) is 0. The van der Waals surface area contributed by atoms with E-state index in [2.05, 4.69) is 10.6 Å². The molecule has 2 aliphatic rings. The van der Waals surface area contributed by atoms with Gasteiger partial charge in [0.15, 0.2) is 23.0 Å². The molecule has 2 aromatic carbocycles. The monoisotopic (exact) mass is 410 g/mol. The Bertz CT molecular complexity index is 891. The molecule has 0 aromatic heterocycles. The first kappa shape index (κ1) is 17.9. The van der Waals surface area contributed by atoms with Crippen LogP contribution in [0.1, 0.15) is 0 Å². The molecule has 0 radical (unpaired) electrons. The van der Waals surface area contributed by atoms with Crippen LogP contribution in [0.5, 0.6) is 23.0 Å². The number of carbonyl (C=O) groups excluding carboxylic acids is 1. The van der Waals surface area contributed by atoms with Gasteiger partial charge in [-0.2, -0.15) is 0 Å². The fraction of sp³-hybridized carbons (Fsp3) is 0.278. The van der Waals surface area contributed by atoms with Gasteiger partial charge in [0.2, 0.25) is 5.91 Å². The Morgan fingerprint density at radius 3 is 1.78 bits per heavy atom. The van der Waals surface area contributed by atoms with Crippen molar-refractivity contribution < 1.29 is 23.7 Å². The maximum Gasteiger partial charge on any atom is 0.243 e. The molecule has 1 amide bonds. The summed E-state index contributed by atoms with van der Waals surface area (Å²) < 4.78 is 22.0. The third-order valence-electron chi connectivity index (χ3n) is 3.98. The second kappa shape index (κ2) is 7.62. The number of rotatable bonds is 4. The van der Waals surface area contributed by atoms with E-state index in [0.29, 0.717) is 70.8 Å². The Morgan fingerprint density at radius 2 is 1.22 bits per heavy atom. The number of nitrogens with one attached hydrogen (secondary N) is 2. The molecule has 0 fully saturated rings. The zero-order valence-corrected chi connectivity index (χ0v) is 15.7. The van der Waals surface area contributed by atoms with Crippen LogP contribution >= 0.6 is 23.2 Å². The number of hydrogen-bond acceptors (Lipinski definition) is 6. The van der Waals surface area contributed by atoms with Crippen LogP contribution in [-0.2, 0) is 4.79 Å². The standard InChI is InChI=1S/C18H16Cl2N2O5/c19-10-5-14-16(26-3-1-24-14)7-12(10)21-9-18(23)22-13-8-17-15(6-11(13)20)25-2-4-27-17/h5-8,21H,1-4,9H2,(H,22,23). The minimum atomic E-state index is -0.292. The van der Waals surface area contributed by atoms with Gasteiger partial charge in [-0.25, -0.2) is 0 Å². The molecule has 0 atom stereocenters. The number of hydrogen-bond donors (Lipinski definition) is 2. The predicted molar refractivity (Wildman–Crippen MR) is 102 cm³/mol. The van der Waals surface area contributed by atoms with Gasteiger partial charge in [-0.1, -0.05) is 23.2 Å². The van der Waals surface area contributed by atoms with E-state index in [-0.39, 0.29) is 12.5 Å². The van der Waals surface area contributed by atoms with Crippen LogP contribution in [-0.4, -0.2) is 38.9 Å². The third kappa shape index (κ3) is 3.94. The lowest BCUT2D eigenvalue weighted by Crippen LogP contribution is -2.23. The van der Waals surface area contributed by atoms with Crippen molar-refractivity contribution in [3.63, 3.8) is 0 Å². The van der Waals surface area contributed by atoms with Crippen LogP contribution in [0.4, 0.5) is 11.4 Å². The first-order valence-corrected chi connectivity index (χ1v) is 9.08. The quantitative estimate of drug-likeness (QED) is 0.801. The van der Waals surface area contributed by atoms with Gasteiger partial charge in [-0.3, -0.25) is 4.79 Å². The highest BCUT2D eigenvalue weighted by molar-refractivity contribution is 6.34. The summed E-state index contributed by atoms with van der Waals surface area (Å²) in [6, 6.07) is 6.64. The Balaban J connectivity index is 1.42. The van der Waals surface area contributed by atoms with Crippen molar-refractivity contribution >= 4 is 40.5 Å². The van der Waals surface area contributed by atoms with Gasteiger partial charge in [0.1, 0.15) is 26.4 Å². The fourth-order valence-corrected chi connectivity index (χ4v) is 3.15. The molecule has 0 aliphatic carbocycles. The van der Waals surface area contributed by atoms with E-state index in [4.69, 9.17) is 42.1 Å². The summed E-state index contributed by atoms with van der Waals surface area (Å²) in [5.74, 6) is 1.99. The molecule has 4 rings (SSSR count). The Kier molecular flexibility index (Phi) is 5.05. The molecule has 27 heavy (non-hydrogen) atoms. The molecule has 7 nitrogen and oxygen atoms in total. The lowest BCUT2D eigenvalue weighted by molar-refractivity contribution is -0.114. The lowest BCUT2D eigenvalue weighted by atomic mass is 10.2. The van der Waals surface area contributed by atoms with E-state index in [0.717, 1.165) is 0 Å². The molecule has 0 saturated carbocycles. The number of halogens is 2. The summed E-state index contributed by atoms with van der Waals surface area (Å²) in [7, 11) is 0. The molecule has 0 saturated heterocycles. The molecule has 2 N–H and O–H groups in total. The van der Waals surface area contributed by atoms with Crippen molar-refractivity contribution in [3.05, 3.63) is 34.3 Å². The highest BCUT2D eigenvalue weighted by atomic mass is 35.5. The molecule has 0 spiro atoms. The largest absolute Gasteiger partial charge is 0.486 e. The number of benzene rings is 2. The van der Waals surface area contributed by atoms with Gasteiger partial charge in [-0.15, -0.1) is 0 Å². The van der Waals surface area contributed by atoms with Gasteiger partial charge in [0.05, 0.1) is 28.0 Å². The second-order valence-electron chi connectivity index (χ2n) is 5.85. The summed E-state index contributed by atoms with van der Waals surface area (Å²) in [5.41, 5.74) is 1.02. The van der Waals surface area contributed by atoms with E-state index >= 15 is 0 Å². The van der Waals surface area contributed by atoms with Crippen LogP contribution in [0.25, 0.3) is 0 Å². The fourth-order valence-electron chi connectivity index (χ4n) is 2.73. The van der Waals surface area contributed by atoms with Crippen LogP contribution in [0, 0.1) is 0 Å². The third-order valence-corrected chi connectivity index (χ3v) is 4.60. The molecule has 2 aliphatic heterocycles. The second-order valence-corrected chi connectivity index (χ2v) is 6.67. The summed E-state index contributed by atoms with van der Waals surface area (Å²) in [6.45, 7) is 1.86. The van der Waals surface area contributed by atoms with Crippen molar-refractivity contribution in [3.8, 4) is 23.0 Å². The van der Waals surface area contributed by atoms with E-state index in [1.54, 1.807) is 24.3 Å². The molecule has 142 valence electrons. The molecule has 9 heteroatoms. The van der Waals surface area contributed by atoms with Crippen LogP contribution in [0.15, 0.2) is 24.3 Å². The number of fused-ring (bicyclic) bond motifs is 2. The van der Waals surface area contributed by atoms with Gasteiger partial charge in [-0.05, 0) is 0 Å². The van der Waals surface area contributed by atoms with Gasteiger partial charge < -0.3 is 29.6 Å². The first-order valence-electron chi connectivity index (χ1n) is 8.32. The van der Waals surface area contributed by atoms with E-state index < -0.39 is 0 Å². The van der Waals surface area contributed by atoms with Crippen molar-refractivity contribution in [1.29, 1.82) is 0 Å². The number of carbonyl (C=O) groups is 1. The number of amides is 1. The zero-order valence-electron chi connectivity index (χ0n) is 14.1. The Hall–Kier alpha value is -2.51. The van der Waals surface area contributed by atoms with Gasteiger partial charge in [0, 0.05) is 24.3 Å². The maximum absolute atomic E-state index is 12.3. The minimum absolute atomic E-state index is 0.00979. The van der Waals surface area contributed by atoms with Crippen molar-refractivity contribution in [2.24, 2.45) is 0 Å². The Morgan fingerprint density at radius 1 is 0.778 bits per heavy atom. The molecule has 0 unspecified atom stereocenters. The van der Waals surface area contributed by atoms with Gasteiger partial charge >= 0.3 is 0 Å². The first-order chi connectivity index (χ1) is 13.1.